The van der Waals surface area contributed by atoms with Crippen LogP contribution < -0.4 is 10.6 Å². The third-order valence-corrected chi connectivity index (χ3v) is 5.34. The zero-order valence-electron chi connectivity index (χ0n) is 15.2. The van der Waals surface area contributed by atoms with Crippen LogP contribution in [0.15, 0.2) is 41.1 Å². The SMILES string of the molecule is O=C(Cn1nnc(-c2ccsc2)n1)Nc1ccccc1C(=O)NC1CCCC1. The molecule has 0 atom stereocenters. The van der Waals surface area contributed by atoms with E-state index < -0.39 is 0 Å². The Hall–Kier alpha value is -3.07. The van der Waals surface area contributed by atoms with Gasteiger partial charge in [0, 0.05) is 17.0 Å². The summed E-state index contributed by atoms with van der Waals surface area (Å²) in [5.41, 5.74) is 1.79. The second kappa shape index (κ2) is 8.30. The van der Waals surface area contributed by atoms with Gasteiger partial charge in [0.25, 0.3) is 5.91 Å². The molecule has 1 aliphatic carbocycles. The predicted molar refractivity (Wildman–Crippen MR) is 106 cm³/mol. The van der Waals surface area contributed by atoms with Crippen LogP contribution in [0.1, 0.15) is 36.0 Å². The Labute approximate surface area is 166 Å². The topological polar surface area (TPSA) is 102 Å². The normalized spacial score (nSPS) is 14.1. The highest BCUT2D eigenvalue weighted by molar-refractivity contribution is 7.08. The number of nitrogens with zero attached hydrogens (tertiary/aromatic N) is 4. The highest BCUT2D eigenvalue weighted by Crippen LogP contribution is 2.20. The maximum Gasteiger partial charge on any atom is 0.253 e. The molecule has 2 amide bonds. The molecule has 28 heavy (non-hydrogen) atoms. The van der Waals surface area contributed by atoms with E-state index in [-0.39, 0.29) is 24.4 Å². The van der Waals surface area contributed by atoms with E-state index in [1.165, 1.54) is 4.80 Å². The van der Waals surface area contributed by atoms with Gasteiger partial charge in [0.05, 0.1) is 11.3 Å². The maximum atomic E-state index is 12.6. The number of nitrogens with one attached hydrogen (secondary N) is 2. The molecule has 2 aromatic heterocycles. The van der Waals surface area contributed by atoms with Gasteiger partial charge in [0.2, 0.25) is 11.7 Å². The molecular weight excluding hydrogens is 376 g/mol. The van der Waals surface area contributed by atoms with E-state index in [4.69, 9.17) is 0 Å². The molecule has 0 saturated heterocycles. The molecule has 2 heterocycles. The maximum absolute atomic E-state index is 12.6. The van der Waals surface area contributed by atoms with Gasteiger partial charge in [-0.15, -0.1) is 10.2 Å². The fourth-order valence-corrected chi connectivity index (χ4v) is 3.89. The lowest BCUT2D eigenvalue weighted by Crippen LogP contribution is -2.33. The van der Waals surface area contributed by atoms with Crippen LogP contribution in [-0.4, -0.2) is 38.1 Å². The number of para-hydroxylation sites is 1. The summed E-state index contributed by atoms with van der Waals surface area (Å²) >= 11 is 1.54. The largest absolute Gasteiger partial charge is 0.349 e. The molecule has 1 aliphatic rings. The first-order chi connectivity index (χ1) is 13.7. The van der Waals surface area contributed by atoms with Crippen LogP contribution in [0, 0.1) is 0 Å². The molecule has 1 saturated carbocycles. The summed E-state index contributed by atoms with van der Waals surface area (Å²) in [6.45, 7) is -0.0876. The number of carbonyl (C=O) groups is 2. The zero-order chi connectivity index (χ0) is 19.3. The molecular formula is C19H20N6O2S. The lowest BCUT2D eigenvalue weighted by molar-refractivity contribution is -0.117. The zero-order valence-corrected chi connectivity index (χ0v) is 16.0. The number of hydrogen-bond donors (Lipinski definition) is 2. The second-order valence-corrected chi connectivity index (χ2v) is 7.48. The smallest absolute Gasteiger partial charge is 0.253 e. The van der Waals surface area contributed by atoms with Gasteiger partial charge in [-0.2, -0.15) is 16.1 Å². The predicted octanol–water partition coefficient (Wildman–Crippen LogP) is 2.71. The Kier molecular flexibility index (Phi) is 5.43. The van der Waals surface area contributed by atoms with Crippen LogP contribution in [0.2, 0.25) is 0 Å². The van der Waals surface area contributed by atoms with E-state index in [9.17, 15) is 9.59 Å². The molecule has 2 N–H and O–H groups in total. The van der Waals surface area contributed by atoms with Gasteiger partial charge in [-0.1, -0.05) is 25.0 Å². The minimum absolute atomic E-state index is 0.0876. The summed E-state index contributed by atoms with van der Waals surface area (Å²) in [5.74, 6) is -0.0119. The number of carbonyl (C=O) groups excluding carboxylic acids is 2. The average molecular weight is 396 g/mol. The molecule has 9 heteroatoms. The molecule has 0 unspecified atom stereocenters. The van der Waals surface area contributed by atoms with Crippen LogP contribution >= 0.6 is 11.3 Å². The first-order valence-corrected chi connectivity index (χ1v) is 10.1. The van der Waals surface area contributed by atoms with E-state index in [0.717, 1.165) is 31.2 Å². The van der Waals surface area contributed by atoms with Crippen LogP contribution in [0.5, 0.6) is 0 Å². The van der Waals surface area contributed by atoms with Crippen molar-refractivity contribution in [3.8, 4) is 11.4 Å². The number of tetrazole rings is 1. The molecule has 1 fully saturated rings. The van der Waals surface area contributed by atoms with Gasteiger partial charge >= 0.3 is 0 Å². The van der Waals surface area contributed by atoms with Gasteiger partial charge in [-0.25, -0.2) is 0 Å². The summed E-state index contributed by atoms with van der Waals surface area (Å²) < 4.78 is 0. The van der Waals surface area contributed by atoms with Crippen molar-refractivity contribution in [2.45, 2.75) is 38.3 Å². The van der Waals surface area contributed by atoms with Crippen LogP contribution in [0.3, 0.4) is 0 Å². The minimum Gasteiger partial charge on any atom is -0.349 e. The Morgan fingerprint density at radius 1 is 1.18 bits per heavy atom. The number of benzene rings is 1. The van der Waals surface area contributed by atoms with Crippen LogP contribution in [0.4, 0.5) is 5.69 Å². The van der Waals surface area contributed by atoms with Crippen molar-refractivity contribution in [3.63, 3.8) is 0 Å². The number of rotatable bonds is 6. The molecule has 1 aromatic carbocycles. The quantitative estimate of drug-likeness (QED) is 0.667. The number of anilines is 1. The summed E-state index contributed by atoms with van der Waals surface area (Å²) in [5, 5.41) is 21.8. The van der Waals surface area contributed by atoms with Crippen LogP contribution in [0.25, 0.3) is 11.4 Å². The van der Waals surface area contributed by atoms with Gasteiger partial charge in [-0.3, -0.25) is 9.59 Å². The fourth-order valence-electron chi connectivity index (χ4n) is 3.26. The Morgan fingerprint density at radius 3 is 2.79 bits per heavy atom. The molecule has 0 bridgehead atoms. The number of thiophene rings is 1. The van der Waals surface area contributed by atoms with Gasteiger partial charge in [0.15, 0.2) is 0 Å². The molecule has 0 radical (unpaired) electrons. The van der Waals surface area contributed by atoms with Crippen molar-refractivity contribution in [2.75, 3.05) is 5.32 Å². The molecule has 0 spiro atoms. The van der Waals surface area contributed by atoms with Gasteiger partial charge in [0.1, 0.15) is 6.54 Å². The minimum atomic E-state index is -0.324. The summed E-state index contributed by atoms with van der Waals surface area (Å²) in [7, 11) is 0. The monoisotopic (exact) mass is 396 g/mol. The first kappa shape index (κ1) is 18.3. The van der Waals surface area contributed by atoms with Gasteiger partial charge < -0.3 is 10.6 Å². The van der Waals surface area contributed by atoms with E-state index in [0.29, 0.717) is 17.1 Å². The first-order valence-electron chi connectivity index (χ1n) is 9.19. The standard InChI is InChI=1S/C19H20N6O2S/c26-17(11-25-23-18(22-24-25)13-9-10-28-12-13)21-16-8-4-3-7-15(16)19(27)20-14-5-1-2-6-14/h3-4,7-10,12,14H,1-2,5-6,11H2,(H,20,27)(H,21,26). The highest BCUT2D eigenvalue weighted by Gasteiger charge is 2.20. The van der Waals surface area contributed by atoms with Crippen molar-refractivity contribution in [1.82, 2.24) is 25.5 Å². The summed E-state index contributed by atoms with van der Waals surface area (Å²) in [4.78, 5) is 26.3. The average Bonchev–Trinajstić information content (AvgIpc) is 3.44. The van der Waals surface area contributed by atoms with E-state index in [1.807, 2.05) is 16.8 Å². The van der Waals surface area contributed by atoms with Crippen molar-refractivity contribution in [2.24, 2.45) is 0 Å². The van der Waals surface area contributed by atoms with Crippen molar-refractivity contribution in [1.29, 1.82) is 0 Å². The van der Waals surface area contributed by atoms with Crippen molar-refractivity contribution >= 4 is 28.8 Å². The fraction of sp³-hybridized carbons (Fsp3) is 0.316. The molecule has 8 nitrogen and oxygen atoms in total. The molecule has 144 valence electrons. The highest BCUT2D eigenvalue weighted by atomic mass is 32.1. The summed E-state index contributed by atoms with van der Waals surface area (Å²) in [6.07, 6.45) is 4.29. The molecule has 0 aliphatic heterocycles. The van der Waals surface area contributed by atoms with Crippen molar-refractivity contribution in [3.05, 3.63) is 46.7 Å². The number of aromatic nitrogens is 4. The van der Waals surface area contributed by atoms with E-state index >= 15 is 0 Å². The van der Waals surface area contributed by atoms with Gasteiger partial charge in [-0.05, 0) is 41.6 Å². The molecule has 3 aromatic rings. The third-order valence-electron chi connectivity index (χ3n) is 4.65. The molecule has 4 rings (SSSR count). The van der Waals surface area contributed by atoms with Crippen LogP contribution in [-0.2, 0) is 11.3 Å². The van der Waals surface area contributed by atoms with E-state index in [1.54, 1.807) is 35.6 Å². The summed E-state index contributed by atoms with van der Waals surface area (Å²) in [6, 6.07) is 9.10. The van der Waals surface area contributed by atoms with Crippen molar-refractivity contribution < 1.29 is 9.59 Å². The number of amides is 2. The Bertz CT molecular complexity index is 962. The second-order valence-electron chi connectivity index (χ2n) is 6.70. The van der Waals surface area contributed by atoms with E-state index in [2.05, 4.69) is 26.0 Å². The Balaban J connectivity index is 1.41. The lowest BCUT2D eigenvalue weighted by atomic mass is 10.1. The lowest BCUT2D eigenvalue weighted by Gasteiger charge is -2.14. The Morgan fingerprint density at radius 2 is 2.00 bits per heavy atom. The number of hydrogen-bond acceptors (Lipinski definition) is 6. The third kappa shape index (κ3) is 4.25.